The Morgan fingerprint density at radius 1 is 1.40 bits per heavy atom. The normalized spacial score (nSPS) is 9.30. The van der Waals surface area contributed by atoms with Crippen molar-refractivity contribution < 1.29 is 9.84 Å². The van der Waals surface area contributed by atoms with Gasteiger partial charge in [0, 0.05) is 0 Å². The molecular weight excluding hydrogens is 148 g/mol. The fourth-order valence-corrected chi connectivity index (χ4v) is 0.838. The number of benzene rings is 1. The van der Waals surface area contributed by atoms with Crippen LogP contribution in [0.1, 0.15) is 0 Å². The summed E-state index contributed by atoms with van der Waals surface area (Å²) in [7, 11) is 0. The molecule has 10 heavy (non-hydrogen) atoms. The molecule has 0 bridgehead atoms. The Labute approximate surface area is 64.9 Å². The van der Waals surface area contributed by atoms with Crippen LogP contribution in [0.25, 0.3) is 0 Å². The predicted octanol–water partition coefficient (Wildman–Crippen LogP) is 2.01. The van der Waals surface area contributed by atoms with E-state index in [0.29, 0.717) is 10.6 Å². The second-order valence-corrected chi connectivity index (χ2v) is 2.15. The summed E-state index contributed by atoms with van der Waals surface area (Å²) >= 11 is 4.85. The van der Waals surface area contributed by atoms with Gasteiger partial charge in [0.25, 0.3) is 0 Å². The Morgan fingerprint density at radius 3 is 2.70 bits per heavy atom. The average molecular weight is 154 g/mol. The summed E-state index contributed by atoms with van der Waals surface area (Å²) in [4.78, 5) is 0.582. The van der Waals surface area contributed by atoms with E-state index >= 15 is 0 Å². The molecule has 1 aromatic carbocycles. The molecule has 2 nitrogen and oxygen atoms in total. The molecule has 0 heterocycles. The van der Waals surface area contributed by atoms with E-state index in [0.717, 1.165) is 0 Å². The van der Waals surface area contributed by atoms with Crippen LogP contribution >= 0.6 is 12.6 Å². The van der Waals surface area contributed by atoms with Gasteiger partial charge in [-0.15, -0.1) is 0 Å². The fourth-order valence-electron chi connectivity index (χ4n) is 0.633. The van der Waals surface area contributed by atoms with Gasteiger partial charge in [-0.25, -0.2) is 0 Å². The number of hydrogen-bond acceptors (Lipinski definition) is 1. The van der Waals surface area contributed by atoms with Gasteiger partial charge in [-0.1, -0.05) is 24.8 Å². The highest BCUT2D eigenvalue weighted by atomic mass is 32.1. The molecule has 0 aliphatic carbocycles. The first kappa shape index (κ1) is 7.31. The van der Waals surface area contributed by atoms with Crippen molar-refractivity contribution in [2.75, 3.05) is 6.79 Å². The van der Waals surface area contributed by atoms with Gasteiger partial charge in [0.1, 0.15) is 5.75 Å². The molecule has 0 aliphatic rings. The highest BCUT2D eigenvalue weighted by molar-refractivity contribution is 7.80. The summed E-state index contributed by atoms with van der Waals surface area (Å²) in [6.07, 6.45) is 0. The molecular formula is C7H6O2S. The van der Waals surface area contributed by atoms with Crippen LogP contribution in [-0.2, 0) is 5.11 Å². The van der Waals surface area contributed by atoms with Crippen LogP contribution in [0.15, 0.2) is 29.2 Å². The molecule has 0 saturated heterocycles. The molecule has 0 spiro atoms. The van der Waals surface area contributed by atoms with Crippen molar-refractivity contribution in [1.82, 2.24) is 0 Å². The molecule has 0 amide bonds. The van der Waals surface area contributed by atoms with E-state index in [1.165, 1.54) is 0 Å². The second-order valence-electron chi connectivity index (χ2n) is 1.71. The zero-order chi connectivity index (χ0) is 7.40. The zero-order valence-corrected chi connectivity index (χ0v) is 6.06. The van der Waals surface area contributed by atoms with Crippen LogP contribution < -0.4 is 4.74 Å². The number of ether oxygens (including phenoxy) is 1. The SMILES string of the molecule is [O]COc1ccccc1[S]. The van der Waals surface area contributed by atoms with Crippen LogP contribution in [-0.4, -0.2) is 6.79 Å². The fraction of sp³-hybridized carbons (Fsp3) is 0.143. The molecule has 0 aliphatic heterocycles. The monoisotopic (exact) mass is 154 g/mol. The highest BCUT2D eigenvalue weighted by Crippen LogP contribution is 2.20. The van der Waals surface area contributed by atoms with Crippen LogP contribution in [0.5, 0.6) is 5.75 Å². The lowest BCUT2D eigenvalue weighted by molar-refractivity contribution is 0.0357. The Kier molecular flexibility index (Phi) is 2.48. The van der Waals surface area contributed by atoms with Gasteiger partial charge in [0.2, 0.25) is 6.79 Å². The Balaban J connectivity index is 2.81. The summed E-state index contributed by atoms with van der Waals surface area (Å²) < 4.78 is 4.68. The van der Waals surface area contributed by atoms with Gasteiger partial charge < -0.3 is 4.74 Å². The van der Waals surface area contributed by atoms with Crippen molar-refractivity contribution in [2.24, 2.45) is 0 Å². The van der Waals surface area contributed by atoms with E-state index in [2.05, 4.69) is 4.74 Å². The van der Waals surface area contributed by atoms with Crippen molar-refractivity contribution >= 4 is 12.6 Å². The molecule has 0 atom stereocenters. The van der Waals surface area contributed by atoms with Crippen molar-refractivity contribution in [2.45, 2.75) is 4.90 Å². The molecule has 0 fully saturated rings. The van der Waals surface area contributed by atoms with Gasteiger partial charge in [-0.3, -0.25) is 0 Å². The third-order valence-corrected chi connectivity index (χ3v) is 1.40. The van der Waals surface area contributed by atoms with Crippen molar-refractivity contribution in [3.05, 3.63) is 24.3 Å². The van der Waals surface area contributed by atoms with Crippen LogP contribution in [0.3, 0.4) is 0 Å². The Hall–Kier alpha value is -0.800. The van der Waals surface area contributed by atoms with E-state index in [9.17, 15) is 5.11 Å². The Bertz CT molecular complexity index is 213. The summed E-state index contributed by atoms with van der Waals surface area (Å²) in [5, 5.41) is 9.98. The molecule has 3 heteroatoms. The quantitative estimate of drug-likeness (QED) is 0.599. The van der Waals surface area contributed by atoms with Gasteiger partial charge in [-0.05, 0) is 12.1 Å². The van der Waals surface area contributed by atoms with Gasteiger partial charge in [-0.2, -0.15) is 5.11 Å². The summed E-state index contributed by atoms with van der Waals surface area (Å²) in [5.41, 5.74) is 0. The lowest BCUT2D eigenvalue weighted by atomic mass is 10.3. The first-order chi connectivity index (χ1) is 4.84. The lowest BCUT2D eigenvalue weighted by Gasteiger charge is -2.01. The zero-order valence-electron chi connectivity index (χ0n) is 5.24. The third kappa shape index (κ3) is 1.59. The summed E-state index contributed by atoms with van der Waals surface area (Å²) in [6.45, 7) is -0.576. The maximum Gasteiger partial charge on any atom is 0.221 e. The van der Waals surface area contributed by atoms with Gasteiger partial charge in [0.15, 0.2) is 0 Å². The van der Waals surface area contributed by atoms with E-state index in [4.69, 9.17) is 12.6 Å². The van der Waals surface area contributed by atoms with Gasteiger partial charge >= 0.3 is 0 Å². The highest BCUT2D eigenvalue weighted by Gasteiger charge is 1.96. The average Bonchev–Trinajstić information content (AvgIpc) is 1.94. The molecule has 52 valence electrons. The van der Waals surface area contributed by atoms with Crippen molar-refractivity contribution in [3.63, 3.8) is 0 Å². The van der Waals surface area contributed by atoms with Crippen molar-refractivity contribution in [3.8, 4) is 5.75 Å². The first-order valence-corrected chi connectivity index (χ1v) is 3.22. The predicted molar refractivity (Wildman–Crippen MR) is 38.5 cm³/mol. The summed E-state index contributed by atoms with van der Waals surface area (Å²) in [5.74, 6) is 0.493. The molecule has 1 rings (SSSR count). The van der Waals surface area contributed by atoms with Crippen molar-refractivity contribution in [1.29, 1.82) is 0 Å². The number of para-hydroxylation sites is 1. The Morgan fingerprint density at radius 2 is 2.10 bits per heavy atom. The minimum absolute atomic E-state index is 0.493. The van der Waals surface area contributed by atoms with Crippen LogP contribution in [0.2, 0.25) is 0 Å². The van der Waals surface area contributed by atoms with E-state index in [1.54, 1.807) is 24.3 Å². The maximum atomic E-state index is 9.98. The minimum Gasteiger partial charge on any atom is -0.463 e. The first-order valence-electron chi connectivity index (χ1n) is 2.81. The van der Waals surface area contributed by atoms with E-state index in [1.807, 2.05) is 0 Å². The third-order valence-electron chi connectivity index (χ3n) is 1.06. The molecule has 0 aromatic heterocycles. The standard InChI is InChI=1S/C7H6O2S/c8-5-9-6-3-1-2-4-7(6)10/h1-4H,5H2. The van der Waals surface area contributed by atoms with Gasteiger partial charge in [0.05, 0.1) is 4.90 Å². The van der Waals surface area contributed by atoms with Crippen LogP contribution in [0, 0.1) is 0 Å². The second kappa shape index (κ2) is 3.39. The van der Waals surface area contributed by atoms with Crippen LogP contribution in [0.4, 0.5) is 0 Å². The number of rotatable bonds is 2. The van der Waals surface area contributed by atoms with E-state index in [-0.39, 0.29) is 0 Å². The molecule has 0 unspecified atom stereocenters. The molecule has 2 radical (unpaired) electrons. The molecule has 0 saturated carbocycles. The minimum atomic E-state index is -0.576. The smallest absolute Gasteiger partial charge is 0.221 e. The largest absolute Gasteiger partial charge is 0.463 e. The number of hydrogen-bond donors (Lipinski definition) is 0. The molecule has 1 aromatic rings. The maximum absolute atomic E-state index is 9.98. The molecule has 0 N–H and O–H groups in total. The van der Waals surface area contributed by atoms with E-state index < -0.39 is 6.79 Å². The lowest BCUT2D eigenvalue weighted by Crippen LogP contribution is -1.93. The topological polar surface area (TPSA) is 29.1 Å². The summed E-state index contributed by atoms with van der Waals surface area (Å²) in [6, 6.07) is 6.99.